The van der Waals surface area contributed by atoms with Crippen LogP contribution in [0.1, 0.15) is 10.4 Å². The number of benzene rings is 1. The van der Waals surface area contributed by atoms with Gasteiger partial charge in [0.05, 0.1) is 35.0 Å². The van der Waals surface area contributed by atoms with Crippen LogP contribution in [0, 0.1) is 5.82 Å². The fourth-order valence-electron chi connectivity index (χ4n) is 2.03. The molecule has 0 fully saturated rings. The number of nitrogens with one attached hydrogen (secondary N) is 1. The highest BCUT2D eigenvalue weighted by Gasteiger charge is 2.15. The molecule has 7 heteroatoms. The number of hydrogen-bond acceptors (Lipinski definition) is 3. The molecule has 2 aromatic heterocycles. The number of pyridine rings is 1. The molecule has 3 rings (SSSR count). The minimum atomic E-state index is -1.10. The van der Waals surface area contributed by atoms with Crippen molar-refractivity contribution < 1.29 is 14.3 Å². The topological polar surface area (TPSA) is 66.6 Å². The quantitative estimate of drug-likeness (QED) is 0.756. The van der Waals surface area contributed by atoms with Crippen LogP contribution in [0.4, 0.5) is 15.8 Å². The molecular weight excluding hydrogens is 341 g/mol. The van der Waals surface area contributed by atoms with Crippen LogP contribution in [-0.2, 0) is 0 Å². The molecule has 0 atom stereocenters. The molecule has 0 amide bonds. The van der Waals surface area contributed by atoms with Crippen molar-refractivity contribution in [3.8, 4) is 0 Å². The Morgan fingerprint density at radius 3 is 2.90 bits per heavy atom. The van der Waals surface area contributed by atoms with Crippen molar-refractivity contribution in [2.24, 2.45) is 0 Å². The number of halogens is 2. The smallest absolute Gasteiger partial charge is 0.337 e. The summed E-state index contributed by atoms with van der Waals surface area (Å²) in [5, 5.41) is 12.1. The first-order valence-electron chi connectivity index (χ1n) is 5.96. The van der Waals surface area contributed by atoms with Gasteiger partial charge in [0, 0.05) is 10.7 Å². The van der Waals surface area contributed by atoms with Gasteiger partial charge >= 0.3 is 5.97 Å². The lowest BCUT2D eigenvalue weighted by Crippen LogP contribution is -2.05. The van der Waals surface area contributed by atoms with Crippen molar-refractivity contribution in [1.82, 2.24) is 9.38 Å². The second-order valence-electron chi connectivity index (χ2n) is 4.34. The van der Waals surface area contributed by atoms with Crippen molar-refractivity contribution in [2.75, 3.05) is 5.32 Å². The maximum atomic E-state index is 13.9. The van der Waals surface area contributed by atoms with Crippen LogP contribution in [0.15, 0.2) is 47.5 Å². The third-order valence-electron chi connectivity index (χ3n) is 3.01. The lowest BCUT2D eigenvalue weighted by Gasteiger charge is -2.12. The molecule has 0 unspecified atom stereocenters. The summed E-state index contributed by atoms with van der Waals surface area (Å²) in [6.45, 7) is 0. The Hall–Kier alpha value is -2.41. The van der Waals surface area contributed by atoms with Crippen LogP contribution in [-0.4, -0.2) is 20.5 Å². The SMILES string of the molecule is O=C(O)c1ccn2cncc2c1Nc1ccc(Br)cc1F. The Bertz CT molecular complexity index is 847. The van der Waals surface area contributed by atoms with Gasteiger partial charge in [0.2, 0.25) is 0 Å². The lowest BCUT2D eigenvalue weighted by atomic mass is 10.2. The normalized spacial score (nSPS) is 10.8. The third kappa shape index (κ3) is 2.47. The molecule has 0 radical (unpaired) electrons. The fourth-order valence-corrected chi connectivity index (χ4v) is 2.36. The second kappa shape index (κ2) is 5.17. The van der Waals surface area contributed by atoms with E-state index in [2.05, 4.69) is 26.2 Å². The van der Waals surface area contributed by atoms with Crippen molar-refractivity contribution in [3.05, 3.63) is 58.8 Å². The molecule has 106 valence electrons. The number of fused-ring (bicyclic) bond motifs is 1. The molecule has 0 saturated carbocycles. The summed E-state index contributed by atoms with van der Waals surface area (Å²) in [6.07, 6.45) is 4.66. The zero-order valence-electron chi connectivity index (χ0n) is 10.5. The number of imidazole rings is 1. The number of anilines is 2. The molecule has 2 N–H and O–H groups in total. The minimum absolute atomic E-state index is 0.0466. The van der Waals surface area contributed by atoms with Crippen LogP contribution in [0.2, 0.25) is 0 Å². The first-order chi connectivity index (χ1) is 10.1. The maximum absolute atomic E-state index is 13.9. The largest absolute Gasteiger partial charge is 0.478 e. The van der Waals surface area contributed by atoms with Crippen LogP contribution in [0.5, 0.6) is 0 Å². The monoisotopic (exact) mass is 349 g/mol. The molecule has 0 aliphatic carbocycles. The highest BCUT2D eigenvalue weighted by molar-refractivity contribution is 9.10. The van der Waals surface area contributed by atoms with Crippen LogP contribution in [0.25, 0.3) is 5.52 Å². The molecule has 0 aliphatic heterocycles. The average Bonchev–Trinajstić information content (AvgIpc) is 2.90. The van der Waals surface area contributed by atoms with Crippen LogP contribution >= 0.6 is 15.9 Å². The van der Waals surface area contributed by atoms with Crippen molar-refractivity contribution in [2.45, 2.75) is 0 Å². The van der Waals surface area contributed by atoms with E-state index < -0.39 is 11.8 Å². The number of aromatic nitrogens is 2. The lowest BCUT2D eigenvalue weighted by molar-refractivity contribution is 0.0698. The Morgan fingerprint density at radius 2 is 2.19 bits per heavy atom. The number of nitrogens with zero attached hydrogens (tertiary/aromatic N) is 2. The number of carbonyl (C=O) groups is 1. The first kappa shape index (κ1) is 13.6. The Kier molecular flexibility index (Phi) is 3.34. The van der Waals surface area contributed by atoms with Crippen LogP contribution in [0.3, 0.4) is 0 Å². The van der Waals surface area contributed by atoms with E-state index in [1.54, 1.807) is 23.0 Å². The van der Waals surface area contributed by atoms with Gasteiger partial charge in [-0.05, 0) is 24.3 Å². The van der Waals surface area contributed by atoms with E-state index in [1.807, 2.05) is 0 Å². The van der Waals surface area contributed by atoms with Gasteiger partial charge in [-0.25, -0.2) is 14.2 Å². The van der Waals surface area contributed by atoms with Crippen molar-refractivity contribution in [3.63, 3.8) is 0 Å². The molecule has 0 aliphatic rings. The molecule has 1 aromatic carbocycles. The van der Waals surface area contributed by atoms with Gasteiger partial charge < -0.3 is 14.8 Å². The number of carboxylic acid groups (broad SMARTS) is 1. The fraction of sp³-hybridized carbons (Fsp3) is 0. The summed E-state index contributed by atoms with van der Waals surface area (Å²) in [5.41, 5.74) is 1.08. The Balaban J connectivity index is 2.16. The highest BCUT2D eigenvalue weighted by atomic mass is 79.9. The maximum Gasteiger partial charge on any atom is 0.337 e. The summed E-state index contributed by atoms with van der Waals surface area (Å²) in [4.78, 5) is 15.3. The summed E-state index contributed by atoms with van der Waals surface area (Å²) >= 11 is 3.18. The van der Waals surface area contributed by atoms with E-state index in [4.69, 9.17) is 0 Å². The highest BCUT2D eigenvalue weighted by Crippen LogP contribution is 2.28. The first-order valence-corrected chi connectivity index (χ1v) is 6.75. The number of aromatic carboxylic acids is 1. The average molecular weight is 350 g/mol. The second-order valence-corrected chi connectivity index (χ2v) is 5.26. The van der Waals surface area contributed by atoms with Crippen LogP contribution < -0.4 is 5.32 Å². The predicted molar refractivity (Wildman–Crippen MR) is 79.5 cm³/mol. The van der Waals surface area contributed by atoms with Crippen molar-refractivity contribution in [1.29, 1.82) is 0 Å². The molecule has 0 bridgehead atoms. The van der Waals surface area contributed by atoms with Gasteiger partial charge in [0.1, 0.15) is 5.82 Å². The number of carboxylic acids is 1. The minimum Gasteiger partial charge on any atom is -0.478 e. The van der Waals surface area contributed by atoms with Gasteiger partial charge in [-0.1, -0.05) is 15.9 Å². The van der Waals surface area contributed by atoms with E-state index >= 15 is 0 Å². The standard InChI is InChI=1S/C14H9BrFN3O2/c15-8-1-2-11(10(16)5-8)18-13-9(14(20)21)3-4-19-7-17-6-12(13)19/h1-7,18H,(H,20,21). The zero-order chi connectivity index (χ0) is 15.0. The molecule has 3 aromatic rings. The van der Waals surface area contributed by atoms with Gasteiger partial charge in [-0.15, -0.1) is 0 Å². The van der Waals surface area contributed by atoms with E-state index in [0.717, 1.165) is 0 Å². The summed E-state index contributed by atoms with van der Waals surface area (Å²) < 4.78 is 16.2. The van der Waals surface area contributed by atoms with Crippen molar-refractivity contribution >= 4 is 38.8 Å². The summed E-state index contributed by atoms with van der Waals surface area (Å²) in [5.74, 6) is -1.58. The van der Waals surface area contributed by atoms with Gasteiger partial charge in [0.15, 0.2) is 0 Å². The van der Waals surface area contributed by atoms with Gasteiger partial charge in [-0.3, -0.25) is 0 Å². The molecule has 5 nitrogen and oxygen atoms in total. The van der Waals surface area contributed by atoms with E-state index in [0.29, 0.717) is 15.7 Å². The summed E-state index contributed by atoms with van der Waals surface area (Å²) in [6, 6.07) is 5.95. The molecule has 0 saturated heterocycles. The molecule has 21 heavy (non-hydrogen) atoms. The summed E-state index contributed by atoms with van der Waals surface area (Å²) in [7, 11) is 0. The number of rotatable bonds is 3. The Morgan fingerprint density at radius 1 is 1.38 bits per heavy atom. The van der Waals surface area contributed by atoms with Gasteiger partial charge in [0.25, 0.3) is 0 Å². The molecule has 0 spiro atoms. The predicted octanol–water partition coefficient (Wildman–Crippen LogP) is 3.68. The molecular formula is C14H9BrFN3O2. The van der Waals surface area contributed by atoms with E-state index in [1.165, 1.54) is 24.4 Å². The molecule has 2 heterocycles. The van der Waals surface area contributed by atoms with E-state index in [9.17, 15) is 14.3 Å². The van der Waals surface area contributed by atoms with E-state index in [-0.39, 0.29) is 11.3 Å². The number of hydrogen-bond donors (Lipinski definition) is 2. The zero-order valence-corrected chi connectivity index (χ0v) is 12.1. The van der Waals surface area contributed by atoms with Gasteiger partial charge in [-0.2, -0.15) is 0 Å². The third-order valence-corrected chi connectivity index (χ3v) is 3.51. The Labute approximate surface area is 127 Å².